The maximum absolute atomic E-state index is 13.5. The van der Waals surface area contributed by atoms with Crippen LogP contribution >= 0.6 is 11.6 Å². The highest BCUT2D eigenvalue weighted by Crippen LogP contribution is 2.27. The van der Waals surface area contributed by atoms with E-state index in [1.165, 1.54) is 0 Å². The van der Waals surface area contributed by atoms with Gasteiger partial charge in [-0.1, -0.05) is 11.6 Å². The first kappa shape index (κ1) is 14.5. The van der Waals surface area contributed by atoms with Crippen LogP contribution in [0, 0.1) is 23.0 Å². The van der Waals surface area contributed by atoms with Gasteiger partial charge in [-0.3, -0.25) is 0 Å². The zero-order valence-corrected chi connectivity index (χ0v) is 12.1. The average molecular weight is 318 g/mol. The average Bonchev–Trinajstić information content (AvgIpc) is 2.84. The summed E-state index contributed by atoms with van der Waals surface area (Å²) < 4.78 is 28.6. The van der Waals surface area contributed by atoms with Gasteiger partial charge in [0.15, 0.2) is 11.6 Å². The van der Waals surface area contributed by atoms with Crippen LogP contribution in [0.4, 0.5) is 8.78 Å². The third kappa shape index (κ3) is 2.53. The zero-order valence-electron chi connectivity index (χ0n) is 11.4. The fourth-order valence-electron chi connectivity index (χ4n) is 2.33. The molecule has 110 valence electrons. The summed E-state index contributed by atoms with van der Waals surface area (Å²) in [6, 6.07) is 11.2. The second-order valence-electron chi connectivity index (χ2n) is 4.76. The Bertz CT molecular complexity index is 879. The first-order valence-electron chi connectivity index (χ1n) is 6.58. The zero-order chi connectivity index (χ0) is 15.7. The SMILES string of the molecule is N#CCCn1c(-c2ccc(Cl)cc2)nc2cc(F)c(F)cc21. The molecule has 1 aromatic heterocycles. The minimum atomic E-state index is -0.944. The summed E-state index contributed by atoms with van der Waals surface area (Å²) >= 11 is 5.87. The monoisotopic (exact) mass is 317 g/mol. The van der Waals surface area contributed by atoms with Crippen molar-refractivity contribution in [2.24, 2.45) is 0 Å². The van der Waals surface area contributed by atoms with Gasteiger partial charge in [0.25, 0.3) is 0 Å². The Morgan fingerprint density at radius 3 is 2.50 bits per heavy atom. The lowest BCUT2D eigenvalue weighted by molar-refractivity contribution is 0.510. The fourth-order valence-corrected chi connectivity index (χ4v) is 2.45. The van der Waals surface area contributed by atoms with Crippen LogP contribution in [0.5, 0.6) is 0 Å². The lowest BCUT2D eigenvalue weighted by atomic mass is 10.2. The van der Waals surface area contributed by atoms with Gasteiger partial charge >= 0.3 is 0 Å². The fraction of sp³-hybridized carbons (Fsp3) is 0.125. The van der Waals surface area contributed by atoms with E-state index in [1.807, 2.05) is 6.07 Å². The van der Waals surface area contributed by atoms with Gasteiger partial charge in [0.1, 0.15) is 5.82 Å². The van der Waals surface area contributed by atoms with Crippen molar-refractivity contribution in [1.82, 2.24) is 9.55 Å². The van der Waals surface area contributed by atoms with Crippen molar-refractivity contribution in [3.05, 3.63) is 53.1 Å². The molecule has 0 fully saturated rings. The Balaban J connectivity index is 2.23. The normalized spacial score (nSPS) is 10.8. The van der Waals surface area contributed by atoms with Crippen LogP contribution in [0.3, 0.4) is 0 Å². The largest absolute Gasteiger partial charge is 0.323 e. The third-order valence-electron chi connectivity index (χ3n) is 3.34. The summed E-state index contributed by atoms with van der Waals surface area (Å²) in [7, 11) is 0. The van der Waals surface area contributed by atoms with Crippen LogP contribution in [-0.4, -0.2) is 9.55 Å². The molecule has 0 aliphatic heterocycles. The van der Waals surface area contributed by atoms with Crippen LogP contribution in [0.25, 0.3) is 22.4 Å². The second-order valence-corrected chi connectivity index (χ2v) is 5.19. The molecule has 3 aromatic rings. The highest BCUT2D eigenvalue weighted by Gasteiger charge is 2.15. The van der Waals surface area contributed by atoms with Crippen LogP contribution in [0.15, 0.2) is 36.4 Å². The topological polar surface area (TPSA) is 41.6 Å². The number of nitrogens with zero attached hydrogens (tertiary/aromatic N) is 3. The number of nitriles is 1. The van der Waals surface area contributed by atoms with E-state index in [-0.39, 0.29) is 6.42 Å². The molecule has 1 heterocycles. The molecule has 0 aliphatic carbocycles. The van der Waals surface area contributed by atoms with E-state index >= 15 is 0 Å². The van der Waals surface area contributed by atoms with Gasteiger partial charge in [-0.05, 0) is 24.3 Å². The first-order chi connectivity index (χ1) is 10.6. The second kappa shape index (κ2) is 5.74. The summed E-state index contributed by atoms with van der Waals surface area (Å²) in [5, 5.41) is 9.38. The molecular formula is C16H10ClF2N3. The summed E-state index contributed by atoms with van der Waals surface area (Å²) in [6.45, 7) is 0.343. The Kier molecular flexibility index (Phi) is 3.78. The number of halogens is 3. The Morgan fingerprint density at radius 2 is 1.82 bits per heavy atom. The van der Waals surface area contributed by atoms with Gasteiger partial charge in [0.2, 0.25) is 0 Å². The maximum Gasteiger partial charge on any atom is 0.161 e. The van der Waals surface area contributed by atoms with Gasteiger partial charge in [-0.2, -0.15) is 5.26 Å². The number of imidazole rings is 1. The molecule has 3 nitrogen and oxygen atoms in total. The molecule has 0 spiro atoms. The number of rotatable bonds is 3. The van der Waals surface area contributed by atoms with Gasteiger partial charge < -0.3 is 4.57 Å². The number of benzene rings is 2. The van der Waals surface area contributed by atoms with E-state index in [2.05, 4.69) is 4.98 Å². The molecule has 22 heavy (non-hydrogen) atoms. The molecule has 3 rings (SSSR count). The van der Waals surface area contributed by atoms with Gasteiger partial charge in [-0.15, -0.1) is 0 Å². The van der Waals surface area contributed by atoms with Gasteiger partial charge in [0.05, 0.1) is 23.5 Å². The Labute approximate surface area is 130 Å². The summed E-state index contributed by atoms with van der Waals surface area (Å²) in [6.07, 6.45) is 0.241. The first-order valence-corrected chi connectivity index (χ1v) is 6.96. The van der Waals surface area contributed by atoms with Crippen molar-refractivity contribution in [3.8, 4) is 17.5 Å². The lowest BCUT2D eigenvalue weighted by Crippen LogP contribution is -2.00. The van der Waals surface area contributed by atoms with Crippen molar-refractivity contribution in [1.29, 1.82) is 5.26 Å². The summed E-state index contributed by atoms with van der Waals surface area (Å²) in [4.78, 5) is 4.37. The van der Waals surface area contributed by atoms with E-state index in [1.54, 1.807) is 28.8 Å². The van der Waals surface area contributed by atoms with E-state index in [0.717, 1.165) is 17.7 Å². The van der Waals surface area contributed by atoms with Crippen molar-refractivity contribution in [3.63, 3.8) is 0 Å². The number of aromatic nitrogens is 2. The molecule has 0 bridgehead atoms. The Morgan fingerprint density at radius 1 is 1.14 bits per heavy atom. The van der Waals surface area contributed by atoms with Crippen LogP contribution in [-0.2, 0) is 6.54 Å². The lowest BCUT2D eigenvalue weighted by Gasteiger charge is -2.07. The maximum atomic E-state index is 13.5. The third-order valence-corrected chi connectivity index (χ3v) is 3.59. The molecule has 0 atom stereocenters. The summed E-state index contributed by atoms with van der Waals surface area (Å²) in [5.41, 5.74) is 1.57. The molecular weight excluding hydrogens is 308 g/mol. The number of aryl methyl sites for hydroxylation is 1. The minimum Gasteiger partial charge on any atom is -0.323 e. The van der Waals surface area contributed by atoms with Crippen molar-refractivity contribution in [2.75, 3.05) is 0 Å². The predicted octanol–water partition coefficient (Wildman–Crippen LogP) is 4.55. The Hall–Kier alpha value is -2.45. The van der Waals surface area contributed by atoms with Crippen LogP contribution < -0.4 is 0 Å². The summed E-state index contributed by atoms with van der Waals surface area (Å²) in [5.74, 6) is -1.33. The van der Waals surface area contributed by atoms with Crippen LogP contribution in [0.2, 0.25) is 5.02 Å². The smallest absolute Gasteiger partial charge is 0.161 e. The molecule has 2 aromatic carbocycles. The molecule has 0 saturated heterocycles. The van der Waals surface area contributed by atoms with E-state index < -0.39 is 11.6 Å². The van der Waals surface area contributed by atoms with E-state index in [4.69, 9.17) is 16.9 Å². The molecule has 0 aliphatic rings. The molecule has 0 unspecified atom stereocenters. The van der Waals surface area contributed by atoms with Crippen molar-refractivity contribution in [2.45, 2.75) is 13.0 Å². The number of hydrogen-bond acceptors (Lipinski definition) is 2. The highest BCUT2D eigenvalue weighted by atomic mass is 35.5. The molecule has 6 heteroatoms. The van der Waals surface area contributed by atoms with Gasteiger partial charge in [-0.25, -0.2) is 13.8 Å². The predicted molar refractivity (Wildman–Crippen MR) is 80.3 cm³/mol. The molecule has 0 amide bonds. The van der Waals surface area contributed by atoms with Crippen LogP contribution in [0.1, 0.15) is 6.42 Å². The molecule has 0 saturated carbocycles. The molecule has 0 radical (unpaired) electrons. The minimum absolute atomic E-state index is 0.241. The molecule has 0 N–H and O–H groups in total. The quantitative estimate of drug-likeness (QED) is 0.711. The van der Waals surface area contributed by atoms with E-state index in [9.17, 15) is 8.78 Å². The number of fused-ring (bicyclic) bond motifs is 1. The van der Waals surface area contributed by atoms with Gasteiger partial charge in [0, 0.05) is 29.3 Å². The van der Waals surface area contributed by atoms with Crippen molar-refractivity contribution < 1.29 is 8.78 Å². The van der Waals surface area contributed by atoms with E-state index in [0.29, 0.717) is 28.4 Å². The highest BCUT2D eigenvalue weighted by molar-refractivity contribution is 6.30. The van der Waals surface area contributed by atoms with Crippen molar-refractivity contribution >= 4 is 22.6 Å². The number of hydrogen-bond donors (Lipinski definition) is 0. The standard InChI is InChI=1S/C16H10ClF2N3/c17-11-4-2-10(3-5-11)16-21-14-8-12(18)13(19)9-15(14)22(16)7-1-6-20/h2-5,8-9H,1,7H2.